The molecule has 0 unspecified atom stereocenters. The molecule has 0 bridgehead atoms. The lowest BCUT2D eigenvalue weighted by molar-refractivity contribution is -0.150. The van der Waals surface area contributed by atoms with Crippen LogP contribution in [0.2, 0.25) is 0 Å². The van der Waals surface area contributed by atoms with Gasteiger partial charge in [-0.25, -0.2) is 8.42 Å². The summed E-state index contributed by atoms with van der Waals surface area (Å²) in [6, 6.07) is 5.08. The molecular formula is C17H27NO4S. The van der Waals surface area contributed by atoms with Gasteiger partial charge in [0, 0.05) is 12.8 Å². The number of rotatable bonds is 7. The van der Waals surface area contributed by atoms with E-state index in [4.69, 9.17) is 4.74 Å². The highest BCUT2D eigenvalue weighted by Gasteiger charge is 2.19. The minimum Gasteiger partial charge on any atom is -0.461 e. The van der Waals surface area contributed by atoms with Crippen LogP contribution in [0.1, 0.15) is 31.9 Å². The van der Waals surface area contributed by atoms with Gasteiger partial charge in [0.2, 0.25) is 0 Å². The normalized spacial score (nSPS) is 13.4. The molecule has 1 aromatic carbocycles. The van der Waals surface area contributed by atoms with Crippen LogP contribution in [0.15, 0.2) is 23.1 Å². The van der Waals surface area contributed by atoms with Crippen molar-refractivity contribution in [2.75, 3.05) is 20.4 Å². The second kappa shape index (κ2) is 7.93. The largest absolute Gasteiger partial charge is 0.461 e. The second-order valence-corrected chi connectivity index (χ2v) is 8.58. The average Bonchev–Trinajstić information content (AvgIpc) is 2.41. The number of nitrogens with zero attached hydrogens (tertiary/aromatic N) is 1. The molecule has 6 heteroatoms. The molecule has 1 rings (SSSR count). The number of carbonyl (C=O) groups is 1. The van der Waals surface area contributed by atoms with Crippen molar-refractivity contribution in [3.05, 3.63) is 29.3 Å². The van der Waals surface area contributed by atoms with E-state index < -0.39 is 9.84 Å². The predicted molar refractivity (Wildman–Crippen MR) is 90.7 cm³/mol. The quantitative estimate of drug-likeness (QED) is 0.713. The zero-order chi connectivity index (χ0) is 17.8. The Bertz CT molecular complexity index is 651. The van der Waals surface area contributed by atoms with Crippen molar-refractivity contribution >= 4 is 15.8 Å². The lowest BCUT2D eigenvalue weighted by Crippen LogP contribution is -2.19. The van der Waals surface area contributed by atoms with Crippen molar-refractivity contribution < 1.29 is 17.9 Å². The van der Waals surface area contributed by atoms with Crippen molar-refractivity contribution in [3.8, 4) is 0 Å². The minimum absolute atomic E-state index is 0.153. The molecule has 0 aliphatic rings. The molecule has 0 heterocycles. The first-order chi connectivity index (χ1) is 10.5. The van der Waals surface area contributed by atoms with Gasteiger partial charge in [0.25, 0.3) is 0 Å². The Balaban J connectivity index is 2.95. The van der Waals surface area contributed by atoms with Gasteiger partial charge >= 0.3 is 5.97 Å². The third-order valence-electron chi connectivity index (χ3n) is 3.76. The van der Waals surface area contributed by atoms with Crippen molar-refractivity contribution in [1.82, 2.24) is 4.90 Å². The molecule has 0 saturated heterocycles. The Labute approximate surface area is 139 Å². The predicted octanol–water partition coefficient (Wildman–Crippen LogP) is 2.49. The maximum Gasteiger partial charge on any atom is 0.309 e. The SMILES string of the molecule is CC(C)[C@H](C)C(=O)OCc1ccc(S(C)(=O)=O)c(CN(C)C)c1. The lowest BCUT2D eigenvalue weighted by atomic mass is 9.99. The van der Waals surface area contributed by atoms with E-state index in [9.17, 15) is 13.2 Å². The summed E-state index contributed by atoms with van der Waals surface area (Å²) in [5, 5.41) is 0. The van der Waals surface area contributed by atoms with Crippen LogP contribution in [-0.4, -0.2) is 39.6 Å². The van der Waals surface area contributed by atoms with Gasteiger partial charge in [0.05, 0.1) is 10.8 Å². The van der Waals surface area contributed by atoms with Crippen LogP contribution in [0.3, 0.4) is 0 Å². The molecular weight excluding hydrogens is 314 g/mol. The summed E-state index contributed by atoms with van der Waals surface area (Å²) >= 11 is 0. The first-order valence-corrected chi connectivity index (χ1v) is 9.54. The number of ether oxygens (including phenoxy) is 1. The lowest BCUT2D eigenvalue weighted by Gasteiger charge is -2.16. The molecule has 0 aliphatic heterocycles. The van der Waals surface area contributed by atoms with E-state index in [1.54, 1.807) is 18.2 Å². The van der Waals surface area contributed by atoms with Gasteiger partial charge in [-0.15, -0.1) is 0 Å². The number of sulfone groups is 1. The van der Waals surface area contributed by atoms with Crippen molar-refractivity contribution in [1.29, 1.82) is 0 Å². The Kier molecular flexibility index (Phi) is 6.77. The van der Waals surface area contributed by atoms with Crippen LogP contribution in [-0.2, 0) is 32.5 Å². The highest BCUT2D eigenvalue weighted by molar-refractivity contribution is 7.90. The monoisotopic (exact) mass is 341 g/mol. The van der Waals surface area contributed by atoms with Crippen LogP contribution < -0.4 is 0 Å². The topological polar surface area (TPSA) is 63.7 Å². The van der Waals surface area contributed by atoms with E-state index in [2.05, 4.69) is 0 Å². The Morgan fingerprint density at radius 2 is 1.83 bits per heavy atom. The van der Waals surface area contributed by atoms with E-state index in [1.165, 1.54) is 6.26 Å². The summed E-state index contributed by atoms with van der Waals surface area (Å²) in [6.45, 7) is 6.45. The summed E-state index contributed by atoms with van der Waals surface area (Å²) in [7, 11) is 0.470. The molecule has 0 aliphatic carbocycles. The van der Waals surface area contributed by atoms with Gasteiger partial charge in [-0.3, -0.25) is 4.79 Å². The summed E-state index contributed by atoms with van der Waals surface area (Å²) in [4.78, 5) is 14.1. The number of esters is 1. The van der Waals surface area contributed by atoms with Gasteiger partial charge in [0.1, 0.15) is 6.61 Å². The third kappa shape index (κ3) is 5.95. The van der Waals surface area contributed by atoms with Gasteiger partial charge in [0.15, 0.2) is 9.84 Å². The number of benzene rings is 1. The molecule has 0 spiro atoms. The van der Waals surface area contributed by atoms with Crippen LogP contribution in [0.4, 0.5) is 0 Å². The fourth-order valence-corrected chi connectivity index (χ4v) is 3.02. The van der Waals surface area contributed by atoms with E-state index in [0.717, 1.165) is 5.56 Å². The zero-order valence-corrected chi connectivity index (χ0v) is 15.6. The smallest absolute Gasteiger partial charge is 0.309 e. The number of hydrogen-bond donors (Lipinski definition) is 0. The maximum atomic E-state index is 11.9. The maximum absolute atomic E-state index is 11.9. The molecule has 1 atom stereocenters. The minimum atomic E-state index is -3.29. The first-order valence-electron chi connectivity index (χ1n) is 7.65. The van der Waals surface area contributed by atoms with Crippen LogP contribution in [0.25, 0.3) is 0 Å². The molecule has 5 nitrogen and oxygen atoms in total. The van der Waals surface area contributed by atoms with Gasteiger partial charge in [-0.1, -0.05) is 26.8 Å². The molecule has 130 valence electrons. The Morgan fingerprint density at radius 3 is 2.30 bits per heavy atom. The molecule has 0 amide bonds. The zero-order valence-electron chi connectivity index (χ0n) is 14.8. The molecule has 0 saturated carbocycles. The van der Waals surface area contributed by atoms with E-state index in [-0.39, 0.29) is 24.4 Å². The fraction of sp³-hybridized carbons (Fsp3) is 0.588. The molecule has 1 aromatic rings. The van der Waals surface area contributed by atoms with E-state index >= 15 is 0 Å². The summed E-state index contributed by atoms with van der Waals surface area (Å²) in [5.41, 5.74) is 1.50. The summed E-state index contributed by atoms with van der Waals surface area (Å²) < 4.78 is 29.1. The van der Waals surface area contributed by atoms with Crippen LogP contribution >= 0.6 is 0 Å². The van der Waals surface area contributed by atoms with Gasteiger partial charge in [-0.05, 0) is 43.3 Å². The average molecular weight is 341 g/mol. The van der Waals surface area contributed by atoms with Crippen LogP contribution in [0.5, 0.6) is 0 Å². The summed E-state index contributed by atoms with van der Waals surface area (Å²) in [6.07, 6.45) is 1.20. The van der Waals surface area contributed by atoms with Gasteiger partial charge in [-0.2, -0.15) is 0 Å². The highest BCUT2D eigenvalue weighted by Crippen LogP contribution is 2.20. The number of carbonyl (C=O) groups excluding carboxylic acids is 1. The number of hydrogen-bond acceptors (Lipinski definition) is 5. The molecule has 0 aromatic heterocycles. The van der Waals surface area contributed by atoms with Gasteiger partial charge < -0.3 is 9.64 Å². The molecule has 0 radical (unpaired) electrons. The van der Waals surface area contributed by atoms with Crippen molar-refractivity contribution in [3.63, 3.8) is 0 Å². The van der Waals surface area contributed by atoms with Crippen molar-refractivity contribution in [2.24, 2.45) is 11.8 Å². The highest BCUT2D eigenvalue weighted by atomic mass is 32.2. The van der Waals surface area contributed by atoms with Crippen LogP contribution in [0, 0.1) is 11.8 Å². The first kappa shape index (κ1) is 19.6. The molecule has 0 fully saturated rings. The third-order valence-corrected chi connectivity index (χ3v) is 4.96. The standard InChI is InChI=1S/C17H27NO4S/c1-12(2)13(3)17(19)22-11-14-7-8-16(23(6,20)21)15(9-14)10-18(4)5/h7-9,12-13H,10-11H2,1-6H3/t13-/m0/s1. The van der Waals surface area contributed by atoms with E-state index in [0.29, 0.717) is 17.0 Å². The second-order valence-electron chi connectivity index (χ2n) is 6.59. The summed E-state index contributed by atoms with van der Waals surface area (Å²) in [5.74, 6) is -0.174. The Morgan fingerprint density at radius 1 is 1.22 bits per heavy atom. The molecule has 0 N–H and O–H groups in total. The van der Waals surface area contributed by atoms with Crippen molar-refractivity contribution in [2.45, 2.75) is 38.8 Å². The fourth-order valence-electron chi connectivity index (χ4n) is 2.11. The Hall–Kier alpha value is -1.40. The molecule has 23 heavy (non-hydrogen) atoms. The van der Waals surface area contributed by atoms with E-state index in [1.807, 2.05) is 39.8 Å².